The molecule has 2 amide bonds. The van der Waals surface area contributed by atoms with Crippen molar-refractivity contribution in [1.82, 2.24) is 10.2 Å². The molecule has 164 valence electrons. The Morgan fingerprint density at radius 1 is 1.00 bits per heavy atom. The SMILES string of the molecule is CCOC(=O)C[C@H]1C(=O)NCCN1C(=O)c1ccc(OCCOc2ccccc2)cc1. The number of nitrogens with zero attached hydrogens (tertiary/aromatic N) is 1. The molecule has 2 aromatic rings. The molecule has 3 rings (SSSR count). The molecule has 0 saturated carbocycles. The van der Waals surface area contributed by atoms with Crippen molar-refractivity contribution in [3.05, 3.63) is 60.2 Å². The first kappa shape index (κ1) is 22.1. The Labute approximate surface area is 181 Å². The lowest BCUT2D eigenvalue weighted by Crippen LogP contribution is -2.57. The van der Waals surface area contributed by atoms with Gasteiger partial charge in [0, 0.05) is 18.7 Å². The molecule has 1 aliphatic rings. The summed E-state index contributed by atoms with van der Waals surface area (Å²) in [5.74, 6) is 0.195. The summed E-state index contributed by atoms with van der Waals surface area (Å²) in [4.78, 5) is 38.5. The van der Waals surface area contributed by atoms with E-state index >= 15 is 0 Å². The van der Waals surface area contributed by atoms with Crippen molar-refractivity contribution < 1.29 is 28.6 Å². The van der Waals surface area contributed by atoms with Crippen molar-refractivity contribution in [2.75, 3.05) is 32.9 Å². The smallest absolute Gasteiger partial charge is 0.308 e. The number of benzene rings is 2. The van der Waals surface area contributed by atoms with Gasteiger partial charge in [-0.15, -0.1) is 0 Å². The van der Waals surface area contributed by atoms with Gasteiger partial charge in [-0.3, -0.25) is 14.4 Å². The molecule has 1 saturated heterocycles. The third kappa shape index (κ3) is 6.21. The van der Waals surface area contributed by atoms with Crippen LogP contribution in [0.1, 0.15) is 23.7 Å². The Balaban J connectivity index is 1.55. The van der Waals surface area contributed by atoms with E-state index in [4.69, 9.17) is 14.2 Å². The Hall–Kier alpha value is -3.55. The second-order valence-electron chi connectivity index (χ2n) is 6.85. The summed E-state index contributed by atoms with van der Waals surface area (Å²) in [7, 11) is 0. The van der Waals surface area contributed by atoms with Crippen LogP contribution in [0.5, 0.6) is 11.5 Å². The van der Waals surface area contributed by atoms with Gasteiger partial charge in [0.1, 0.15) is 30.8 Å². The van der Waals surface area contributed by atoms with Crippen molar-refractivity contribution in [2.24, 2.45) is 0 Å². The highest BCUT2D eigenvalue weighted by Gasteiger charge is 2.35. The number of nitrogens with one attached hydrogen (secondary N) is 1. The fourth-order valence-corrected chi connectivity index (χ4v) is 3.23. The van der Waals surface area contributed by atoms with Crippen LogP contribution >= 0.6 is 0 Å². The molecule has 2 aromatic carbocycles. The number of hydrogen-bond donors (Lipinski definition) is 1. The molecule has 0 bridgehead atoms. The van der Waals surface area contributed by atoms with Crippen molar-refractivity contribution >= 4 is 17.8 Å². The lowest BCUT2D eigenvalue weighted by molar-refractivity contribution is -0.147. The molecule has 0 aromatic heterocycles. The van der Waals surface area contributed by atoms with Crippen molar-refractivity contribution in [3.8, 4) is 11.5 Å². The second-order valence-corrected chi connectivity index (χ2v) is 6.85. The van der Waals surface area contributed by atoms with Crippen molar-refractivity contribution in [2.45, 2.75) is 19.4 Å². The van der Waals surface area contributed by atoms with Crippen molar-refractivity contribution in [1.29, 1.82) is 0 Å². The normalized spacial score (nSPS) is 15.7. The fraction of sp³-hybridized carbons (Fsp3) is 0.348. The fourth-order valence-electron chi connectivity index (χ4n) is 3.23. The Morgan fingerprint density at radius 3 is 2.29 bits per heavy atom. The Kier molecular flexibility index (Phi) is 7.86. The minimum Gasteiger partial charge on any atom is -0.490 e. The van der Waals surface area contributed by atoms with E-state index in [9.17, 15) is 14.4 Å². The number of carbonyl (C=O) groups is 3. The van der Waals surface area contributed by atoms with Gasteiger partial charge in [0.2, 0.25) is 5.91 Å². The predicted octanol–water partition coefficient (Wildman–Crippen LogP) is 2.04. The number of hydrogen-bond acceptors (Lipinski definition) is 6. The molecule has 8 heteroatoms. The molecular weight excluding hydrogens is 400 g/mol. The first-order valence-electron chi connectivity index (χ1n) is 10.2. The number of para-hydroxylation sites is 1. The van der Waals surface area contributed by atoms with E-state index in [2.05, 4.69) is 5.32 Å². The molecular formula is C23H26N2O6. The highest BCUT2D eigenvalue weighted by atomic mass is 16.5. The van der Waals surface area contributed by atoms with Crippen LogP contribution < -0.4 is 14.8 Å². The molecule has 8 nitrogen and oxygen atoms in total. The van der Waals surface area contributed by atoms with E-state index in [-0.39, 0.29) is 24.8 Å². The predicted molar refractivity (Wildman–Crippen MR) is 113 cm³/mol. The second kappa shape index (κ2) is 11.0. The van der Waals surface area contributed by atoms with E-state index in [0.717, 1.165) is 5.75 Å². The number of amides is 2. The minimum atomic E-state index is -0.883. The van der Waals surface area contributed by atoms with Crippen LogP contribution in [0.2, 0.25) is 0 Å². The number of esters is 1. The number of ether oxygens (including phenoxy) is 3. The maximum absolute atomic E-state index is 13.0. The number of carbonyl (C=O) groups excluding carboxylic acids is 3. The molecule has 1 heterocycles. The van der Waals surface area contributed by atoms with Crippen LogP contribution in [0.4, 0.5) is 0 Å². The average Bonchev–Trinajstić information content (AvgIpc) is 2.79. The zero-order valence-electron chi connectivity index (χ0n) is 17.4. The summed E-state index contributed by atoms with van der Waals surface area (Å²) in [6, 6.07) is 15.2. The van der Waals surface area contributed by atoms with Crippen LogP contribution in [-0.2, 0) is 14.3 Å². The molecule has 31 heavy (non-hydrogen) atoms. The third-order valence-electron chi connectivity index (χ3n) is 4.72. The van der Waals surface area contributed by atoms with Gasteiger partial charge in [0.05, 0.1) is 13.0 Å². The monoisotopic (exact) mass is 426 g/mol. The summed E-state index contributed by atoms with van der Waals surface area (Å²) < 4.78 is 16.2. The van der Waals surface area contributed by atoms with Crippen LogP contribution in [-0.4, -0.2) is 61.6 Å². The maximum Gasteiger partial charge on any atom is 0.308 e. The van der Waals surface area contributed by atoms with Gasteiger partial charge in [-0.25, -0.2) is 0 Å². The van der Waals surface area contributed by atoms with Gasteiger partial charge in [-0.05, 0) is 43.3 Å². The topological polar surface area (TPSA) is 94.2 Å². The van der Waals surface area contributed by atoms with E-state index in [0.29, 0.717) is 37.6 Å². The quantitative estimate of drug-likeness (QED) is 0.487. The molecule has 1 fully saturated rings. The van der Waals surface area contributed by atoms with E-state index in [1.807, 2.05) is 30.3 Å². The minimum absolute atomic E-state index is 0.173. The molecule has 1 atom stereocenters. The first-order valence-corrected chi connectivity index (χ1v) is 10.2. The van der Waals surface area contributed by atoms with Crippen LogP contribution in [0.3, 0.4) is 0 Å². The van der Waals surface area contributed by atoms with Gasteiger partial charge in [0.25, 0.3) is 5.91 Å². The van der Waals surface area contributed by atoms with Gasteiger partial charge < -0.3 is 24.4 Å². The Bertz CT molecular complexity index is 885. The summed E-state index contributed by atoms with van der Waals surface area (Å²) >= 11 is 0. The van der Waals surface area contributed by atoms with Gasteiger partial charge in [-0.1, -0.05) is 18.2 Å². The van der Waals surface area contributed by atoms with Crippen LogP contribution in [0, 0.1) is 0 Å². The van der Waals surface area contributed by atoms with Crippen molar-refractivity contribution in [3.63, 3.8) is 0 Å². The zero-order chi connectivity index (χ0) is 22.1. The third-order valence-corrected chi connectivity index (χ3v) is 4.72. The van der Waals surface area contributed by atoms with E-state index in [1.54, 1.807) is 31.2 Å². The summed E-state index contributed by atoms with van der Waals surface area (Å²) in [6.07, 6.45) is -0.173. The summed E-state index contributed by atoms with van der Waals surface area (Å²) in [5.41, 5.74) is 0.413. The molecule has 0 radical (unpaired) electrons. The van der Waals surface area contributed by atoms with Crippen LogP contribution in [0.25, 0.3) is 0 Å². The molecule has 0 unspecified atom stereocenters. The maximum atomic E-state index is 13.0. The standard InChI is InChI=1S/C23H26N2O6/c1-2-29-21(26)16-20-22(27)24-12-13-25(20)23(28)17-8-10-19(11-9-17)31-15-14-30-18-6-4-3-5-7-18/h3-11,20H,2,12-16H2,1H3,(H,24,27)/t20-/m0/s1. The zero-order valence-corrected chi connectivity index (χ0v) is 17.4. The summed E-state index contributed by atoms with van der Waals surface area (Å²) in [6.45, 7) is 3.33. The number of rotatable bonds is 9. The summed E-state index contributed by atoms with van der Waals surface area (Å²) in [5, 5.41) is 2.69. The largest absolute Gasteiger partial charge is 0.490 e. The van der Waals surface area contributed by atoms with Gasteiger partial charge in [0.15, 0.2) is 0 Å². The van der Waals surface area contributed by atoms with E-state index in [1.165, 1.54) is 4.90 Å². The molecule has 1 N–H and O–H groups in total. The average molecular weight is 426 g/mol. The lowest BCUT2D eigenvalue weighted by Gasteiger charge is -2.34. The molecule has 0 spiro atoms. The highest BCUT2D eigenvalue weighted by Crippen LogP contribution is 2.18. The van der Waals surface area contributed by atoms with E-state index < -0.39 is 12.0 Å². The Morgan fingerprint density at radius 2 is 1.65 bits per heavy atom. The molecule has 0 aliphatic carbocycles. The molecule has 1 aliphatic heterocycles. The van der Waals surface area contributed by atoms with Crippen LogP contribution in [0.15, 0.2) is 54.6 Å². The number of piperazine rings is 1. The first-order chi connectivity index (χ1) is 15.1. The van der Waals surface area contributed by atoms with Gasteiger partial charge in [-0.2, -0.15) is 0 Å². The van der Waals surface area contributed by atoms with Gasteiger partial charge >= 0.3 is 5.97 Å². The lowest BCUT2D eigenvalue weighted by atomic mass is 10.1. The highest BCUT2D eigenvalue weighted by molar-refractivity contribution is 5.99.